The summed E-state index contributed by atoms with van der Waals surface area (Å²) in [4.78, 5) is 0. The van der Waals surface area contributed by atoms with E-state index >= 15 is 0 Å². The standard InChI is InChI=1S/C20H32N2/c1-6-19(5)21-22(20-13-8-7-9-14-20)16-15-18(4)12-10-11-17(2)3/h7-9,13-14,18H,2,6,10-12,15-16H2,1,3-5H3/b21-19-/t18-/m0/s1. The lowest BCUT2D eigenvalue weighted by Crippen LogP contribution is -2.21. The minimum atomic E-state index is 0.725. The molecule has 2 nitrogen and oxygen atoms in total. The fourth-order valence-corrected chi connectivity index (χ4v) is 2.35. The third kappa shape index (κ3) is 7.44. The van der Waals surface area contributed by atoms with Crippen LogP contribution in [0.25, 0.3) is 0 Å². The van der Waals surface area contributed by atoms with Crippen molar-refractivity contribution in [2.45, 2.75) is 59.8 Å². The highest BCUT2D eigenvalue weighted by Gasteiger charge is 2.09. The predicted octanol–water partition coefficient (Wildman–Crippen LogP) is 6.05. The van der Waals surface area contributed by atoms with Gasteiger partial charge in [0.1, 0.15) is 0 Å². The molecule has 1 atom stereocenters. The van der Waals surface area contributed by atoms with Crippen molar-refractivity contribution in [1.82, 2.24) is 0 Å². The predicted molar refractivity (Wildman–Crippen MR) is 99.6 cm³/mol. The van der Waals surface area contributed by atoms with E-state index in [1.165, 1.54) is 36.2 Å². The first kappa shape index (κ1) is 18.5. The molecule has 1 aromatic carbocycles. The van der Waals surface area contributed by atoms with Gasteiger partial charge in [0, 0.05) is 12.3 Å². The molecule has 0 saturated carbocycles. The molecule has 0 heterocycles. The highest BCUT2D eigenvalue weighted by atomic mass is 15.5. The Kier molecular flexibility index (Phi) is 8.57. The molecule has 1 aromatic rings. The molecule has 0 aliphatic rings. The quantitative estimate of drug-likeness (QED) is 0.292. The van der Waals surface area contributed by atoms with Crippen molar-refractivity contribution in [3.05, 3.63) is 42.5 Å². The molecule has 0 fully saturated rings. The zero-order valence-corrected chi connectivity index (χ0v) is 14.8. The largest absolute Gasteiger partial charge is 0.266 e. The molecule has 0 aliphatic heterocycles. The van der Waals surface area contributed by atoms with Gasteiger partial charge in [-0.3, -0.25) is 5.01 Å². The Morgan fingerprint density at radius 1 is 1.18 bits per heavy atom. The summed E-state index contributed by atoms with van der Waals surface area (Å²) in [6.07, 6.45) is 5.84. The van der Waals surface area contributed by atoms with Crippen LogP contribution in [0.5, 0.6) is 0 Å². The fraction of sp³-hybridized carbons (Fsp3) is 0.550. The molecule has 0 aliphatic carbocycles. The van der Waals surface area contributed by atoms with Gasteiger partial charge < -0.3 is 0 Å². The van der Waals surface area contributed by atoms with Gasteiger partial charge in [0.25, 0.3) is 0 Å². The molecular formula is C20H32N2. The third-order valence-corrected chi connectivity index (χ3v) is 3.99. The van der Waals surface area contributed by atoms with Crippen LogP contribution in [0.1, 0.15) is 59.8 Å². The summed E-state index contributed by atoms with van der Waals surface area (Å²) in [6.45, 7) is 13.7. The smallest absolute Gasteiger partial charge is 0.0593 e. The number of nitrogens with zero attached hydrogens (tertiary/aromatic N) is 2. The van der Waals surface area contributed by atoms with Crippen LogP contribution in [0.4, 0.5) is 5.69 Å². The molecule has 2 heteroatoms. The summed E-state index contributed by atoms with van der Waals surface area (Å²) in [7, 11) is 0. The van der Waals surface area contributed by atoms with E-state index in [9.17, 15) is 0 Å². The number of rotatable bonds is 10. The SMILES string of the molecule is C=C(C)CCC[C@H](C)CCN(/N=C(/C)CC)c1ccccc1. The van der Waals surface area contributed by atoms with Gasteiger partial charge in [-0.15, -0.1) is 6.58 Å². The first-order valence-corrected chi connectivity index (χ1v) is 8.54. The van der Waals surface area contributed by atoms with E-state index in [0.717, 1.165) is 25.3 Å². The van der Waals surface area contributed by atoms with Gasteiger partial charge in [0.15, 0.2) is 0 Å². The van der Waals surface area contributed by atoms with Crippen LogP contribution in [0.3, 0.4) is 0 Å². The number of hydrogen-bond donors (Lipinski definition) is 0. The second kappa shape index (κ2) is 10.2. The van der Waals surface area contributed by atoms with E-state index in [4.69, 9.17) is 5.10 Å². The van der Waals surface area contributed by atoms with Crippen LogP contribution in [-0.2, 0) is 0 Å². The van der Waals surface area contributed by atoms with Crippen LogP contribution in [-0.4, -0.2) is 12.3 Å². The van der Waals surface area contributed by atoms with Gasteiger partial charge in [-0.25, -0.2) is 0 Å². The summed E-state index contributed by atoms with van der Waals surface area (Å²) in [6, 6.07) is 10.5. The molecule has 0 aromatic heterocycles. The minimum absolute atomic E-state index is 0.725. The number of benzene rings is 1. The van der Waals surface area contributed by atoms with Crippen LogP contribution in [0.2, 0.25) is 0 Å². The van der Waals surface area contributed by atoms with Crippen molar-refractivity contribution >= 4 is 11.4 Å². The van der Waals surface area contributed by atoms with Gasteiger partial charge in [-0.1, -0.05) is 44.0 Å². The van der Waals surface area contributed by atoms with E-state index in [1.807, 2.05) is 0 Å². The zero-order valence-electron chi connectivity index (χ0n) is 14.8. The van der Waals surface area contributed by atoms with Crippen molar-refractivity contribution in [3.63, 3.8) is 0 Å². The maximum atomic E-state index is 4.78. The lowest BCUT2D eigenvalue weighted by molar-refractivity contribution is 0.473. The van der Waals surface area contributed by atoms with Crippen molar-refractivity contribution < 1.29 is 0 Å². The zero-order chi connectivity index (χ0) is 16.4. The Bertz CT molecular complexity index is 462. The molecule has 1 rings (SSSR count). The van der Waals surface area contributed by atoms with Crippen LogP contribution >= 0.6 is 0 Å². The summed E-state index contributed by atoms with van der Waals surface area (Å²) >= 11 is 0. The molecule has 0 spiro atoms. The Morgan fingerprint density at radius 2 is 1.86 bits per heavy atom. The molecule has 0 saturated heterocycles. The third-order valence-electron chi connectivity index (χ3n) is 3.99. The van der Waals surface area contributed by atoms with Crippen molar-refractivity contribution in [3.8, 4) is 0 Å². The molecule has 0 bridgehead atoms. The number of hydrogen-bond acceptors (Lipinski definition) is 2. The summed E-state index contributed by atoms with van der Waals surface area (Å²) in [5, 5.41) is 6.94. The van der Waals surface area contributed by atoms with Crippen molar-refractivity contribution in [1.29, 1.82) is 0 Å². The maximum absolute atomic E-state index is 4.78. The van der Waals surface area contributed by atoms with E-state index in [0.29, 0.717) is 0 Å². The Morgan fingerprint density at radius 3 is 2.45 bits per heavy atom. The van der Waals surface area contributed by atoms with Gasteiger partial charge in [0.05, 0.1) is 5.69 Å². The van der Waals surface area contributed by atoms with Crippen molar-refractivity contribution in [2.75, 3.05) is 11.6 Å². The van der Waals surface area contributed by atoms with Gasteiger partial charge in [-0.2, -0.15) is 5.10 Å². The van der Waals surface area contributed by atoms with E-state index < -0.39 is 0 Å². The highest BCUT2D eigenvalue weighted by Crippen LogP contribution is 2.19. The molecule has 22 heavy (non-hydrogen) atoms. The number of para-hydroxylation sites is 1. The number of anilines is 1. The Balaban J connectivity index is 2.56. The summed E-state index contributed by atoms with van der Waals surface area (Å²) in [5.74, 6) is 0.725. The fourth-order valence-electron chi connectivity index (χ4n) is 2.35. The van der Waals surface area contributed by atoms with Gasteiger partial charge in [0.2, 0.25) is 0 Å². The monoisotopic (exact) mass is 300 g/mol. The van der Waals surface area contributed by atoms with E-state index in [-0.39, 0.29) is 0 Å². The van der Waals surface area contributed by atoms with Crippen LogP contribution in [0.15, 0.2) is 47.6 Å². The first-order chi connectivity index (χ1) is 10.5. The normalized spacial score (nSPS) is 13.0. The second-order valence-corrected chi connectivity index (χ2v) is 6.39. The minimum Gasteiger partial charge on any atom is -0.266 e. The second-order valence-electron chi connectivity index (χ2n) is 6.39. The molecule has 0 radical (unpaired) electrons. The average molecular weight is 300 g/mol. The number of allylic oxidation sites excluding steroid dienone is 1. The summed E-state index contributed by atoms with van der Waals surface area (Å²) in [5.41, 5.74) is 3.66. The van der Waals surface area contributed by atoms with Crippen LogP contribution < -0.4 is 5.01 Å². The van der Waals surface area contributed by atoms with Crippen molar-refractivity contribution in [2.24, 2.45) is 11.0 Å². The van der Waals surface area contributed by atoms with Gasteiger partial charge >= 0.3 is 0 Å². The molecule has 0 unspecified atom stereocenters. The Labute approximate surface area is 136 Å². The molecule has 122 valence electrons. The highest BCUT2D eigenvalue weighted by molar-refractivity contribution is 5.82. The van der Waals surface area contributed by atoms with Gasteiger partial charge in [-0.05, 0) is 57.6 Å². The topological polar surface area (TPSA) is 15.6 Å². The lowest BCUT2D eigenvalue weighted by Gasteiger charge is -2.22. The lowest BCUT2D eigenvalue weighted by atomic mass is 9.99. The molecule has 0 amide bonds. The summed E-state index contributed by atoms with van der Waals surface area (Å²) < 4.78 is 0. The molecular weight excluding hydrogens is 268 g/mol. The maximum Gasteiger partial charge on any atom is 0.0593 e. The number of hydrazone groups is 1. The Hall–Kier alpha value is -1.57. The van der Waals surface area contributed by atoms with E-state index in [2.05, 4.69) is 69.6 Å². The van der Waals surface area contributed by atoms with E-state index in [1.54, 1.807) is 0 Å². The average Bonchev–Trinajstić information content (AvgIpc) is 2.51. The molecule has 0 N–H and O–H groups in total. The van der Waals surface area contributed by atoms with Crippen LogP contribution in [0, 0.1) is 5.92 Å². The first-order valence-electron chi connectivity index (χ1n) is 8.54.